The average Bonchev–Trinajstić information content (AvgIpc) is 3.04. The van der Waals surface area contributed by atoms with Crippen molar-refractivity contribution in [3.05, 3.63) is 53.6 Å². The minimum Gasteiger partial charge on any atom is -0.453 e. The Bertz CT molecular complexity index is 684. The van der Waals surface area contributed by atoms with E-state index in [9.17, 15) is 9.18 Å². The lowest BCUT2D eigenvalue weighted by Gasteiger charge is -2.12. The first-order valence-corrected chi connectivity index (χ1v) is 6.65. The van der Waals surface area contributed by atoms with E-state index >= 15 is 0 Å². The maximum absolute atomic E-state index is 14.5. The lowest BCUT2D eigenvalue weighted by molar-refractivity contribution is -0.277. The number of nitrogens with two attached hydrogens (primary N) is 1. The van der Waals surface area contributed by atoms with E-state index in [1.165, 1.54) is 24.4 Å². The molecule has 1 unspecified atom stereocenters. The molecule has 1 aliphatic heterocycles. The van der Waals surface area contributed by atoms with Crippen LogP contribution in [0.3, 0.4) is 0 Å². The van der Waals surface area contributed by atoms with E-state index in [0.717, 1.165) is 0 Å². The summed E-state index contributed by atoms with van der Waals surface area (Å²) >= 11 is 0. The minimum absolute atomic E-state index is 0.0432. The number of hydrogen-bond acceptors (Lipinski definition) is 5. The molecule has 0 radical (unpaired) electrons. The van der Waals surface area contributed by atoms with Crippen molar-refractivity contribution in [2.45, 2.75) is 12.5 Å². The largest absolute Gasteiger partial charge is 0.453 e. The highest BCUT2D eigenvalue weighted by Gasteiger charge is 2.24. The number of rotatable bonds is 4. The normalized spacial score (nSPS) is 17.4. The summed E-state index contributed by atoms with van der Waals surface area (Å²) < 4.78 is 19.9. The first-order valence-electron chi connectivity index (χ1n) is 6.65. The topological polar surface area (TPSA) is 83.7 Å². The predicted molar refractivity (Wildman–Crippen MR) is 73.6 cm³/mol. The molecule has 3 rings (SSSR count). The number of aromatic nitrogens is 1. The van der Waals surface area contributed by atoms with Gasteiger partial charge in [-0.25, -0.2) is 19.1 Å². The first-order chi connectivity index (χ1) is 10.6. The molecule has 1 aliphatic rings. The molecule has 1 aromatic heterocycles. The molecule has 0 spiro atoms. The van der Waals surface area contributed by atoms with Crippen molar-refractivity contribution < 1.29 is 23.7 Å². The summed E-state index contributed by atoms with van der Waals surface area (Å²) in [6.07, 6.45) is 1.44. The Hall–Kier alpha value is -2.51. The number of halogens is 1. The zero-order valence-corrected chi connectivity index (χ0v) is 11.5. The third kappa shape index (κ3) is 2.90. The summed E-state index contributed by atoms with van der Waals surface area (Å²) in [6, 6.07) is 7.69. The second-order valence-corrected chi connectivity index (χ2v) is 4.70. The molecule has 6 nitrogen and oxygen atoms in total. The Morgan fingerprint density at radius 2 is 2.23 bits per heavy atom. The fourth-order valence-corrected chi connectivity index (χ4v) is 2.11. The standard InChI is InChI=1S/C15H13FN2O4/c16-14-10(12-6-7-20-22-12)2-1-3-13(14)21-9-4-5-11(15(17)19)18-8-9/h1-5,8,12H,6-7H2,(H2,17,19). The molecule has 0 aliphatic carbocycles. The molecular weight excluding hydrogens is 291 g/mol. The van der Waals surface area contributed by atoms with Crippen LogP contribution < -0.4 is 10.5 Å². The predicted octanol–water partition coefficient (Wildman–Crippen LogP) is 2.50. The Morgan fingerprint density at radius 1 is 1.36 bits per heavy atom. The van der Waals surface area contributed by atoms with Crippen LogP contribution in [0.15, 0.2) is 36.5 Å². The van der Waals surface area contributed by atoms with Crippen molar-refractivity contribution in [1.29, 1.82) is 0 Å². The highest BCUT2D eigenvalue weighted by atomic mass is 19.1. The van der Waals surface area contributed by atoms with Crippen LogP contribution in [0.4, 0.5) is 4.39 Å². The molecule has 2 N–H and O–H groups in total. The molecule has 7 heteroatoms. The van der Waals surface area contributed by atoms with Gasteiger partial charge in [-0.15, -0.1) is 0 Å². The highest BCUT2D eigenvalue weighted by molar-refractivity contribution is 5.90. The Kier molecular flexibility index (Phi) is 3.99. The molecule has 114 valence electrons. The number of benzene rings is 1. The number of amides is 1. The van der Waals surface area contributed by atoms with Gasteiger partial charge in [0.05, 0.1) is 12.8 Å². The molecule has 0 saturated carbocycles. The number of pyridine rings is 1. The van der Waals surface area contributed by atoms with Crippen molar-refractivity contribution in [1.82, 2.24) is 4.98 Å². The lowest BCUT2D eigenvalue weighted by Crippen LogP contribution is -2.12. The second-order valence-electron chi connectivity index (χ2n) is 4.70. The van der Waals surface area contributed by atoms with Crippen molar-refractivity contribution >= 4 is 5.91 Å². The minimum atomic E-state index is -0.641. The number of carbonyl (C=O) groups excluding carboxylic acids is 1. The van der Waals surface area contributed by atoms with Crippen LogP contribution >= 0.6 is 0 Å². The van der Waals surface area contributed by atoms with Gasteiger partial charge >= 0.3 is 0 Å². The van der Waals surface area contributed by atoms with Gasteiger partial charge in [0.1, 0.15) is 17.5 Å². The fraction of sp³-hybridized carbons (Fsp3) is 0.200. The number of ether oxygens (including phenoxy) is 1. The van der Waals surface area contributed by atoms with Crippen LogP contribution in [-0.2, 0) is 9.78 Å². The van der Waals surface area contributed by atoms with Crippen molar-refractivity contribution in [3.63, 3.8) is 0 Å². The third-order valence-electron chi connectivity index (χ3n) is 3.20. The summed E-state index contributed by atoms with van der Waals surface area (Å²) in [7, 11) is 0. The molecule has 1 saturated heterocycles. The van der Waals surface area contributed by atoms with Gasteiger partial charge in [-0.2, -0.15) is 0 Å². The maximum Gasteiger partial charge on any atom is 0.267 e. The van der Waals surface area contributed by atoms with E-state index in [0.29, 0.717) is 24.3 Å². The lowest BCUT2D eigenvalue weighted by atomic mass is 10.1. The van der Waals surface area contributed by atoms with E-state index in [4.69, 9.17) is 20.2 Å². The van der Waals surface area contributed by atoms with Crippen molar-refractivity contribution in [2.75, 3.05) is 6.61 Å². The number of carbonyl (C=O) groups is 1. The third-order valence-corrected chi connectivity index (χ3v) is 3.20. The number of hydrogen-bond donors (Lipinski definition) is 1. The first kappa shape index (κ1) is 14.4. The summed E-state index contributed by atoms with van der Waals surface area (Å²) in [5.74, 6) is -0.818. The van der Waals surface area contributed by atoms with Crippen molar-refractivity contribution in [2.24, 2.45) is 5.73 Å². The molecule has 1 aromatic carbocycles. The fourth-order valence-electron chi connectivity index (χ4n) is 2.11. The van der Waals surface area contributed by atoms with Gasteiger partial charge in [0.2, 0.25) is 0 Å². The van der Waals surface area contributed by atoms with Crippen LogP contribution in [0.2, 0.25) is 0 Å². The monoisotopic (exact) mass is 304 g/mol. The van der Waals surface area contributed by atoms with Gasteiger partial charge in [0.25, 0.3) is 5.91 Å². The highest BCUT2D eigenvalue weighted by Crippen LogP contribution is 2.34. The molecular formula is C15H13FN2O4. The van der Waals surface area contributed by atoms with Crippen molar-refractivity contribution in [3.8, 4) is 11.5 Å². The van der Waals surface area contributed by atoms with E-state index in [1.807, 2.05) is 0 Å². The van der Waals surface area contributed by atoms with Crippen LogP contribution in [0, 0.1) is 5.82 Å². The van der Waals surface area contributed by atoms with Gasteiger partial charge < -0.3 is 10.5 Å². The molecule has 1 atom stereocenters. The second kappa shape index (κ2) is 6.08. The summed E-state index contributed by atoms with van der Waals surface area (Å²) in [5.41, 5.74) is 5.58. The number of primary amides is 1. The zero-order valence-electron chi connectivity index (χ0n) is 11.5. The molecule has 2 aromatic rings. The van der Waals surface area contributed by atoms with Gasteiger partial charge in [0, 0.05) is 12.0 Å². The quantitative estimate of drug-likeness (QED) is 0.877. The Balaban J connectivity index is 1.82. The molecule has 1 fully saturated rings. The summed E-state index contributed by atoms with van der Waals surface area (Å²) in [5, 5.41) is 0. The van der Waals surface area contributed by atoms with Gasteiger partial charge in [0.15, 0.2) is 11.6 Å². The Labute approximate surface area is 125 Å². The molecule has 0 bridgehead atoms. The van der Waals surface area contributed by atoms with E-state index in [-0.39, 0.29) is 11.4 Å². The van der Waals surface area contributed by atoms with E-state index in [2.05, 4.69) is 4.98 Å². The molecule has 1 amide bonds. The van der Waals surface area contributed by atoms with Crippen LogP contribution in [0.1, 0.15) is 28.6 Å². The number of nitrogens with zero attached hydrogens (tertiary/aromatic N) is 1. The maximum atomic E-state index is 14.5. The van der Waals surface area contributed by atoms with Gasteiger partial charge in [-0.05, 0) is 18.2 Å². The van der Waals surface area contributed by atoms with Crippen LogP contribution in [-0.4, -0.2) is 17.5 Å². The van der Waals surface area contributed by atoms with Gasteiger partial charge in [-0.1, -0.05) is 12.1 Å². The SMILES string of the molecule is NC(=O)c1ccc(Oc2cccc(C3CCOO3)c2F)cn1. The average molecular weight is 304 g/mol. The summed E-state index contributed by atoms with van der Waals surface area (Å²) in [6.45, 7) is 0.424. The van der Waals surface area contributed by atoms with E-state index in [1.54, 1.807) is 12.1 Å². The Morgan fingerprint density at radius 3 is 2.86 bits per heavy atom. The molecule has 2 heterocycles. The zero-order chi connectivity index (χ0) is 15.5. The summed E-state index contributed by atoms with van der Waals surface area (Å²) in [4.78, 5) is 24.6. The molecule has 22 heavy (non-hydrogen) atoms. The van der Waals surface area contributed by atoms with E-state index < -0.39 is 17.8 Å². The van der Waals surface area contributed by atoms with Crippen LogP contribution in [0.5, 0.6) is 11.5 Å². The smallest absolute Gasteiger partial charge is 0.267 e. The van der Waals surface area contributed by atoms with Crippen LogP contribution in [0.25, 0.3) is 0 Å². The van der Waals surface area contributed by atoms with Gasteiger partial charge in [-0.3, -0.25) is 4.79 Å².